The summed E-state index contributed by atoms with van der Waals surface area (Å²) in [6.07, 6.45) is 3.47. The number of carbonyl (C=O) groups is 1. The van der Waals surface area contributed by atoms with Crippen LogP contribution in [0.25, 0.3) is 0 Å². The number of hydrogen-bond acceptors (Lipinski definition) is 5. The van der Waals surface area contributed by atoms with E-state index in [1.54, 1.807) is 0 Å². The van der Waals surface area contributed by atoms with Crippen LogP contribution in [-0.2, 0) is 14.8 Å². The van der Waals surface area contributed by atoms with Crippen LogP contribution in [0.5, 0.6) is 0 Å². The quantitative estimate of drug-likeness (QED) is 0.638. The van der Waals surface area contributed by atoms with Gasteiger partial charge in [0, 0.05) is 7.05 Å². The third kappa shape index (κ3) is 2.27. The van der Waals surface area contributed by atoms with Crippen LogP contribution in [-0.4, -0.2) is 44.5 Å². The van der Waals surface area contributed by atoms with E-state index in [0.717, 1.165) is 15.3 Å². The van der Waals surface area contributed by atoms with Crippen LogP contribution < -0.4 is 4.41 Å². The molecule has 0 spiro atoms. The Hall–Kier alpha value is -1.57. The number of hydrogen-bond donors (Lipinski definition) is 0. The molecule has 0 aromatic carbocycles. The van der Waals surface area contributed by atoms with Gasteiger partial charge in [0.05, 0.1) is 19.6 Å². The number of carbonyl (C=O) groups excluding carboxylic acids is 1. The number of methoxy groups -OCH3 is 1. The van der Waals surface area contributed by atoms with Crippen molar-refractivity contribution in [2.24, 2.45) is 0 Å². The first-order valence-corrected chi connectivity index (χ1v) is 5.77. The number of rotatable bonds is 3. The van der Waals surface area contributed by atoms with Gasteiger partial charge in [-0.05, 0) is 0 Å². The van der Waals surface area contributed by atoms with Gasteiger partial charge in [0.1, 0.15) is 6.33 Å². The average molecular weight is 233 g/mol. The zero-order chi connectivity index (χ0) is 11.6. The molecule has 0 saturated heterocycles. The fourth-order valence-corrected chi connectivity index (χ4v) is 1.37. The average Bonchev–Trinajstić information content (AvgIpc) is 2.62. The molecule has 0 aliphatic carbocycles. The lowest BCUT2D eigenvalue weighted by Gasteiger charge is -2.18. The van der Waals surface area contributed by atoms with Crippen molar-refractivity contribution in [1.82, 2.24) is 9.66 Å². The Morgan fingerprint density at radius 2 is 2.20 bits per heavy atom. The van der Waals surface area contributed by atoms with Gasteiger partial charge < -0.3 is 4.74 Å². The van der Waals surface area contributed by atoms with Gasteiger partial charge in [0.2, 0.25) is 10.0 Å². The zero-order valence-electron chi connectivity index (χ0n) is 8.54. The van der Waals surface area contributed by atoms with E-state index < -0.39 is 16.0 Å². The van der Waals surface area contributed by atoms with Crippen molar-refractivity contribution >= 4 is 16.0 Å². The molecule has 84 valence electrons. The van der Waals surface area contributed by atoms with Crippen molar-refractivity contribution in [2.75, 3.05) is 24.8 Å². The predicted molar refractivity (Wildman–Crippen MR) is 52.6 cm³/mol. The Labute approximate surface area is 87.3 Å². The van der Waals surface area contributed by atoms with Crippen molar-refractivity contribution < 1.29 is 17.9 Å². The topological polar surface area (TPSA) is 81.5 Å². The molecule has 0 N–H and O–H groups in total. The van der Waals surface area contributed by atoms with Crippen LogP contribution in [0.15, 0.2) is 12.5 Å². The Kier molecular flexibility index (Phi) is 2.98. The molecule has 0 radical (unpaired) electrons. The minimum atomic E-state index is -3.44. The highest BCUT2D eigenvalue weighted by atomic mass is 32.2. The second-order valence-corrected chi connectivity index (χ2v) is 4.81. The van der Waals surface area contributed by atoms with E-state index in [9.17, 15) is 13.2 Å². The SMILES string of the molecule is COC(=O)c1cncn1N(C)S(C)(=O)=O. The highest BCUT2D eigenvalue weighted by Crippen LogP contribution is 2.03. The van der Waals surface area contributed by atoms with Crippen molar-refractivity contribution in [3.8, 4) is 0 Å². The third-order valence-corrected chi connectivity index (χ3v) is 2.93. The van der Waals surface area contributed by atoms with E-state index in [1.165, 1.54) is 26.7 Å². The van der Waals surface area contributed by atoms with Crippen molar-refractivity contribution in [1.29, 1.82) is 0 Å². The number of imidazole rings is 1. The molecule has 7 nitrogen and oxygen atoms in total. The van der Waals surface area contributed by atoms with Crippen LogP contribution >= 0.6 is 0 Å². The number of esters is 1. The number of sulfonamides is 1. The van der Waals surface area contributed by atoms with E-state index >= 15 is 0 Å². The van der Waals surface area contributed by atoms with E-state index in [-0.39, 0.29) is 5.69 Å². The highest BCUT2D eigenvalue weighted by Gasteiger charge is 2.19. The summed E-state index contributed by atoms with van der Waals surface area (Å²) in [7, 11) is -0.924. The molecular formula is C7H11N3O4S. The van der Waals surface area contributed by atoms with Gasteiger partial charge in [0.15, 0.2) is 5.69 Å². The summed E-state index contributed by atoms with van der Waals surface area (Å²) in [5.41, 5.74) is 0.0467. The molecule has 8 heteroatoms. The summed E-state index contributed by atoms with van der Waals surface area (Å²) in [5, 5.41) is 0. The molecule has 1 aromatic heterocycles. The molecule has 0 aliphatic rings. The maximum atomic E-state index is 11.2. The zero-order valence-corrected chi connectivity index (χ0v) is 9.35. The molecule has 0 atom stereocenters. The number of ether oxygens (including phenoxy) is 1. The maximum Gasteiger partial charge on any atom is 0.358 e. The molecule has 0 aliphatic heterocycles. The van der Waals surface area contributed by atoms with Gasteiger partial charge in [-0.25, -0.2) is 27.3 Å². The van der Waals surface area contributed by atoms with E-state index in [2.05, 4.69) is 9.72 Å². The Morgan fingerprint density at radius 3 is 2.67 bits per heavy atom. The van der Waals surface area contributed by atoms with Crippen molar-refractivity contribution in [3.05, 3.63) is 18.2 Å². The first-order chi connectivity index (χ1) is 6.88. The van der Waals surface area contributed by atoms with Crippen LogP contribution in [0.4, 0.5) is 0 Å². The minimum absolute atomic E-state index is 0.0467. The molecule has 0 saturated carbocycles. The second kappa shape index (κ2) is 3.89. The van der Waals surface area contributed by atoms with Crippen LogP contribution in [0.2, 0.25) is 0 Å². The van der Waals surface area contributed by atoms with Gasteiger partial charge in [-0.15, -0.1) is 0 Å². The van der Waals surface area contributed by atoms with Crippen molar-refractivity contribution in [2.45, 2.75) is 0 Å². The Morgan fingerprint density at radius 1 is 1.60 bits per heavy atom. The first kappa shape index (κ1) is 11.5. The predicted octanol–water partition coefficient (Wildman–Crippen LogP) is -0.803. The van der Waals surface area contributed by atoms with Crippen LogP contribution in [0.3, 0.4) is 0 Å². The fraction of sp³-hybridized carbons (Fsp3) is 0.429. The molecular weight excluding hydrogens is 222 g/mol. The van der Waals surface area contributed by atoms with Crippen LogP contribution in [0.1, 0.15) is 10.5 Å². The van der Waals surface area contributed by atoms with Crippen LogP contribution in [0, 0.1) is 0 Å². The minimum Gasteiger partial charge on any atom is -0.464 e. The lowest BCUT2D eigenvalue weighted by Crippen LogP contribution is -2.37. The summed E-state index contributed by atoms with van der Waals surface area (Å²) in [5.74, 6) is -0.650. The van der Waals surface area contributed by atoms with Crippen molar-refractivity contribution in [3.63, 3.8) is 0 Å². The summed E-state index contributed by atoms with van der Waals surface area (Å²) in [6, 6.07) is 0. The van der Waals surface area contributed by atoms with Gasteiger partial charge in [-0.2, -0.15) is 0 Å². The van der Waals surface area contributed by atoms with Gasteiger partial charge >= 0.3 is 5.97 Å². The Bertz CT molecular complexity index is 464. The number of aromatic nitrogens is 2. The van der Waals surface area contributed by atoms with Gasteiger partial charge in [-0.3, -0.25) is 0 Å². The molecule has 0 fully saturated rings. The van der Waals surface area contributed by atoms with E-state index in [0.29, 0.717) is 0 Å². The molecule has 1 heterocycles. The smallest absolute Gasteiger partial charge is 0.358 e. The monoisotopic (exact) mass is 233 g/mol. The second-order valence-electron chi connectivity index (χ2n) is 2.81. The summed E-state index contributed by atoms with van der Waals surface area (Å²) in [6.45, 7) is 0. The third-order valence-electron chi connectivity index (χ3n) is 1.80. The summed E-state index contributed by atoms with van der Waals surface area (Å²) < 4.78 is 28.9. The lowest BCUT2D eigenvalue weighted by atomic mass is 10.5. The maximum absolute atomic E-state index is 11.2. The molecule has 0 unspecified atom stereocenters. The lowest BCUT2D eigenvalue weighted by molar-refractivity contribution is 0.0589. The highest BCUT2D eigenvalue weighted by molar-refractivity contribution is 7.91. The largest absolute Gasteiger partial charge is 0.464 e. The molecule has 1 rings (SSSR count). The summed E-state index contributed by atoms with van der Waals surface area (Å²) in [4.78, 5) is 14.9. The molecule has 1 aromatic rings. The van der Waals surface area contributed by atoms with Gasteiger partial charge in [-0.1, -0.05) is 0 Å². The number of nitrogens with zero attached hydrogens (tertiary/aromatic N) is 3. The fourth-order valence-electron chi connectivity index (χ4n) is 0.923. The van der Waals surface area contributed by atoms with Gasteiger partial charge in [0.25, 0.3) is 0 Å². The standard InChI is InChI=1S/C7H11N3O4S/c1-9(15(3,12)13)10-5-8-4-6(10)7(11)14-2/h4-5H,1-3H3. The molecule has 0 bridgehead atoms. The van der Waals surface area contributed by atoms with E-state index in [1.807, 2.05) is 0 Å². The Balaban J connectivity index is 3.17. The normalized spacial score (nSPS) is 11.1. The summed E-state index contributed by atoms with van der Waals surface area (Å²) >= 11 is 0. The first-order valence-electron chi connectivity index (χ1n) is 3.92. The van der Waals surface area contributed by atoms with E-state index in [4.69, 9.17) is 0 Å². The molecule has 0 amide bonds. The molecule has 15 heavy (non-hydrogen) atoms.